The first-order valence-corrected chi connectivity index (χ1v) is 17.7. The Morgan fingerprint density at radius 1 is 0.673 bits per heavy atom. The number of unbranched alkanes of at least 4 members (excludes halogenated alkanes) is 12. The Kier molecular flexibility index (Phi) is 11.8. The van der Waals surface area contributed by atoms with Crippen LogP contribution in [-0.4, -0.2) is 23.7 Å². The number of nitrogen functional groups attached to an aromatic ring is 1. The van der Waals surface area contributed by atoms with E-state index >= 15 is 0 Å². The third-order valence-electron chi connectivity index (χ3n) is 9.29. The number of nitrogens with two attached hydrogens (primary N) is 1. The molecule has 0 atom stereocenters. The molecule has 0 saturated heterocycles. The zero-order valence-electron chi connectivity index (χ0n) is 28.9. The summed E-state index contributed by atoms with van der Waals surface area (Å²) in [5, 5.41) is 0. The molecule has 2 aliphatic heterocycles. The van der Waals surface area contributed by atoms with Crippen molar-refractivity contribution in [3.8, 4) is 23.0 Å². The van der Waals surface area contributed by atoms with Crippen molar-refractivity contribution in [1.29, 1.82) is 0 Å². The summed E-state index contributed by atoms with van der Waals surface area (Å²) >= 11 is 0. The lowest BCUT2D eigenvalue weighted by Gasteiger charge is -2.36. The number of carbonyl (C=O) groups is 4. The monoisotopic (exact) mass is 669 g/mol. The molecule has 49 heavy (non-hydrogen) atoms. The van der Waals surface area contributed by atoms with Crippen LogP contribution in [0.5, 0.6) is 23.0 Å². The summed E-state index contributed by atoms with van der Waals surface area (Å²) in [5.41, 5.74) is 7.04. The quantitative estimate of drug-likeness (QED) is 0.0491. The largest absolute Gasteiger partial charge is 0.456 e. The molecule has 260 valence electrons. The number of carbonyl (C=O) groups excluding carboxylic acids is 4. The molecule has 3 aromatic rings. The Morgan fingerprint density at radius 3 is 1.63 bits per heavy atom. The van der Waals surface area contributed by atoms with E-state index in [1.54, 1.807) is 36.4 Å². The molecule has 9 nitrogen and oxygen atoms in total. The summed E-state index contributed by atoms with van der Waals surface area (Å²) in [6.45, 7) is 4.82. The van der Waals surface area contributed by atoms with Crippen molar-refractivity contribution in [2.24, 2.45) is 0 Å². The minimum atomic E-state index is -1.48. The summed E-state index contributed by atoms with van der Waals surface area (Å²) in [6.07, 6.45) is 16.2. The molecule has 2 aliphatic rings. The first-order valence-electron chi connectivity index (χ1n) is 17.7. The van der Waals surface area contributed by atoms with E-state index in [1.807, 2.05) is 0 Å². The number of ketones is 1. The molecule has 2 heterocycles. The van der Waals surface area contributed by atoms with Crippen molar-refractivity contribution < 1.29 is 38.1 Å². The molecule has 0 amide bonds. The molecule has 0 fully saturated rings. The van der Waals surface area contributed by atoms with E-state index in [2.05, 4.69) is 6.92 Å². The van der Waals surface area contributed by atoms with Crippen LogP contribution in [0.15, 0.2) is 48.5 Å². The van der Waals surface area contributed by atoms with Crippen LogP contribution in [0.25, 0.3) is 0 Å². The van der Waals surface area contributed by atoms with E-state index in [1.165, 1.54) is 90.2 Å². The molecule has 0 radical (unpaired) electrons. The number of ether oxygens (including phenoxy) is 4. The van der Waals surface area contributed by atoms with Crippen molar-refractivity contribution in [2.75, 3.05) is 5.73 Å². The standard InChI is InChI=1S/C40H47NO8/c1-4-5-6-7-8-9-10-11-12-13-14-15-16-17-34(44)30-20-23-33-37(38(30)41)39(45)49-40(33)31-21-18-28(46-26(2)42)24-35(31)48-36-25-29(47-27(3)43)19-22-32(36)40/h18-25H,4-17,41H2,1-3H3. The smallest absolute Gasteiger partial charge is 0.342 e. The molecule has 0 aliphatic carbocycles. The maximum absolute atomic E-state index is 13.7. The van der Waals surface area contributed by atoms with Crippen molar-refractivity contribution in [3.05, 3.63) is 76.3 Å². The van der Waals surface area contributed by atoms with E-state index < -0.39 is 23.5 Å². The fourth-order valence-electron chi connectivity index (χ4n) is 6.94. The summed E-state index contributed by atoms with van der Waals surface area (Å²) in [5.74, 6) is -0.787. The van der Waals surface area contributed by atoms with Gasteiger partial charge in [-0.15, -0.1) is 0 Å². The Bertz CT molecular complexity index is 1650. The average Bonchev–Trinajstić information content (AvgIpc) is 3.35. The van der Waals surface area contributed by atoms with E-state index in [-0.39, 0.29) is 40.0 Å². The predicted octanol–water partition coefficient (Wildman–Crippen LogP) is 9.35. The van der Waals surface area contributed by atoms with Gasteiger partial charge in [0.15, 0.2) is 11.4 Å². The number of hydrogen-bond donors (Lipinski definition) is 1. The highest BCUT2D eigenvalue weighted by molar-refractivity contribution is 6.09. The molecule has 0 saturated carbocycles. The second-order valence-electron chi connectivity index (χ2n) is 13.0. The lowest BCUT2D eigenvalue weighted by Crippen LogP contribution is -2.33. The zero-order chi connectivity index (χ0) is 35.0. The van der Waals surface area contributed by atoms with Crippen LogP contribution >= 0.6 is 0 Å². The molecular formula is C40H47NO8. The molecule has 9 heteroatoms. The van der Waals surface area contributed by atoms with Crippen molar-refractivity contribution >= 4 is 29.4 Å². The minimum Gasteiger partial charge on any atom is -0.456 e. The maximum atomic E-state index is 13.7. The van der Waals surface area contributed by atoms with Gasteiger partial charge in [-0.3, -0.25) is 14.4 Å². The van der Waals surface area contributed by atoms with Crippen LogP contribution in [0, 0.1) is 0 Å². The SMILES string of the molecule is CCCCCCCCCCCCCCCC(=O)c1ccc2c(c1N)C(=O)OC21c2ccc(OC(C)=O)cc2Oc2cc(OC(C)=O)ccc21. The molecule has 1 spiro atoms. The molecule has 5 rings (SSSR count). The van der Waals surface area contributed by atoms with E-state index in [0.29, 0.717) is 28.7 Å². The average molecular weight is 670 g/mol. The highest BCUT2D eigenvalue weighted by Gasteiger charge is 2.54. The zero-order valence-corrected chi connectivity index (χ0v) is 28.9. The first kappa shape index (κ1) is 35.6. The third kappa shape index (κ3) is 7.98. The van der Waals surface area contributed by atoms with E-state index in [0.717, 1.165) is 19.3 Å². The number of esters is 3. The van der Waals surface area contributed by atoms with Gasteiger partial charge in [0.2, 0.25) is 0 Å². The van der Waals surface area contributed by atoms with Crippen molar-refractivity contribution in [2.45, 2.75) is 116 Å². The number of fused-ring (bicyclic) bond motifs is 6. The number of rotatable bonds is 17. The Morgan fingerprint density at radius 2 is 1.14 bits per heavy atom. The van der Waals surface area contributed by atoms with Crippen molar-refractivity contribution in [1.82, 2.24) is 0 Å². The Labute approximate surface area is 288 Å². The minimum absolute atomic E-state index is 0.0849. The van der Waals surface area contributed by atoms with Crippen molar-refractivity contribution in [3.63, 3.8) is 0 Å². The number of benzene rings is 3. The normalized spacial score (nSPS) is 13.6. The lowest BCUT2D eigenvalue weighted by molar-refractivity contribution is -0.132. The predicted molar refractivity (Wildman–Crippen MR) is 186 cm³/mol. The van der Waals surface area contributed by atoms with Crippen LogP contribution in [-0.2, 0) is 19.9 Å². The molecule has 0 aromatic heterocycles. The van der Waals surface area contributed by atoms with Gasteiger partial charge in [-0.2, -0.15) is 0 Å². The van der Waals surface area contributed by atoms with E-state index in [9.17, 15) is 19.2 Å². The fraction of sp³-hybridized carbons (Fsp3) is 0.450. The highest BCUT2D eigenvalue weighted by Crippen LogP contribution is 2.58. The number of hydrogen-bond acceptors (Lipinski definition) is 9. The number of anilines is 1. The van der Waals surface area contributed by atoms with Crippen LogP contribution in [0.4, 0.5) is 5.69 Å². The van der Waals surface area contributed by atoms with E-state index in [4.69, 9.17) is 24.7 Å². The van der Waals surface area contributed by atoms with Gasteiger partial charge in [0.1, 0.15) is 23.0 Å². The van der Waals surface area contributed by atoms with Gasteiger partial charge in [-0.1, -0.05) is 90.0 Å². The Balaban J connectivity index is 1.30. The van der Waals surface area contributed by atoms with Crippen LogP contribution in [0.3, 0.4) is 0 Å². The fourth-order valence-corrected chi connectivity index (χ4v) is 6.94. The summed E-state index contributed by atoms with van der Waals surface area (Å²) in [7, 11) is 0. The Hall–Kier alpha value is -4.66. The maximum Gasteiger partial charge on any atom is 0.342 e. The third-order valence-corrected chi connectivity index (χ3v) is 9.29. The summed E-state index contributed by atoms with van der Waals surface area (Å²) in [4.78, 5) is 50.4. The second-order valence-corrected chi connectivity index (χ2v) is 13.0. The summed E-state index contributed by atoms with van der Waals surface area (Å²) < 4.78 is 23.0. The van der Waals surface area contributed by atoms with Gasteiger partial charge < -0.3 is 24.7 Å². The van der Waals surface area contributed by atoms with Gasteiger partial charge in [0, 0.05) is 54.7 Å². The molecule has 2 N–H and O–H groups in total. The summed E-state index contributed by atoms with van der Waals surface area (Å²) in [6, 6.07) is 13.0. The van der Waals surface area contributed by atoms with Gasteiger partial charge >= 0.3 is 17.9 Å². The molecule has 0 unspecified atom stereocenters. The van der Waals surface area contributed by atoms with Crippen LogP contribution in [0.2, 0.25) is 0 Å². The van der Waals surface area contributed by atoms with Crippen LogP contribution in [0.1, 0.15) is 148 Å². The molecule has 3 aromatic carbocycles. The van der Waals surface area contributed by atoms with Gasteiger partial charge in [0.25, 0.3) is 0 Å². The van der Waals surface area contributed by atoms with Gasteiger partial charge in [0.05, 0.1) is 11.3 Å². The highest BCUT2D eigenvalue weighted by atomic mass is 16.6. The molecular weight excluding hydrogens is 622 g/mol. The van der Waals surface area contributed by atoms with Crippen LogP contribution < -0.4 is 19.9 Å². The number of Topliss-reactive ketones (excluding diaryl/α,β-unsaturated/α-hetero) is 1. The van der Waals surface area contributed by atoms with Gasteiger partial charge in [-0.25, -0.2) is 4.79 Å². The van der Waals surface area contributed by atoms with Gasteiger partial charge in [-0.05, 0) is 36.8 Å². The lowest BCUT2D eigenvalue weighted by atomic mass is 9.77. The topological polar surface area (TPSA) is 131 Å². The molecule has 0 bridgehead atoms. The first-order chi connectivity index (χ1) is 23.6. The second kappa shape index (κ2) is 16.2.